The Morgan fingerprint density at radius 2 is 1.55 bits per heavy atom. The van der Waals surface area contributed by atoms with Crippen LogP contribution in [0, 0.1) is 5.92 Å². The number of rotatable bonds is 9. The van der Waals surface area contributed by atoms with Crippen molar-refractivity contribution in [3.63, 3.8) is 0 Å². The Morgan fingerprint density at radius 1 is 1.00 bits per heavy atom. The molecule has 7 nitrogen and oxygen atoms in total. The molecule has 1 saturated heterocycles. The molecule has 1 heterocycles. The second-order valence-corrected chi connectivity index (χ2v) is 8.95. The minimum atomic E-state index is -1.66. The first kappa shape index (κ1) is 25.0. The number of hydrogen-bond acceptors (Lipinski definition) is 5. The minimum Gasteiger partial charge on any atom is -0.426 e. The summed E-state index contributed by atoms with van der Waals surface area (Å²) in [6.07, 6.45) is 1.26. The Bertz CT molecular complexity index is 863. The van der Waals surface area contributed by atoms with E-state index in [2.05, 4.69) is 10.6 Å². The van der Waals surface area contributed by atoms with Gasteiger partial charge in [-0.3, -0.25) is 9.59 Å². The summed E-state index contributed by atoms with van der Waals surface area (Å²) in [7, 11) is 0.105. The molecule has 1 aliphatic rings. The van der Waals surface area contributed by atoms with Gasteiger partial charge in [0.25, 0.3) is 0 Å². The van der Waals surface area contributed by atoms with Gasteiger partial charge in [0.15, 0.2) is 0 Å². The van der Waals surface area contributed by atoms with E-state index < -0.39 is 25.1 Å². The molecule has 33 heavy (non-hydrogen) atoms. The first-order valence-corrected chi connectivity index (χ1v) is 11.6. The van der Waals surface area contributed by atoms with E-state index in [1.807, 2.05) is 74.5 Å². The summed E-state index contributed by atoms with van der Waals surface area (Å²) in [5, 5.41) is 25.3. The number of likely N-dealkylation sites (N-methyl/N-ethyl adjacent to an activating group) is 1. The molecular formula is C25H34BN3O4. The summed E-state index contributed by atoms with van der Waals surface area (Å²) < 4.78 is 0. The van der Waals surface area contributed by atoms with Gasteiger partial charge in [0.1, 0.15) is 6.04 Å². The Morgan fingerprint density at radius 3 is 2.00 bits per heavy atom. The van der Waals surface area contributed by atoms with Crippen LogP contribution in [0.5, 0.6) is 0 Å². The average molecular weight is 451 g/mol. The van der Waals surface area contributed by atoms with Crippen LogP contribution in [0.1, 0.15) is 43.7 Å². The van der Waals surface area contributed by atoms with E-state index in [1.54, 1.807) is 11.9 Å². The smallest absolute Gasteiger partial charge is 0.426 e. The molecule has 176 valence electrons. The molecule has 2 aromatic carbocycles. The number of benzene rings is 2. The van der Waals surface area contributed by atoms with Crippen LogP contribution in [0.4, 0.5) is 0 Å². The van der Waals surface area contributed by atoms with Gasteiger partial charge in [-0.05, 0) is 36.9 Å². The van der Waals surface area contributed by atoms with Crippen LogP contribution >= 0.6 is 0 Å². The van der Waals surface area contributed by atoms with Crippen molar-refractivity contribution in [2.75, 3.05) is 13.6 Å². The van der Waals surface area contributed by atoms with E-state index in [1.165, 1.54) is 0 Å². The lowest BCUT2D eigenvalue weighted by Gasteiger charge is -2.33. The van der Waals surface area contributed by atoms with Gasteiger partial charge in [-0.25, -0.2) is 0 Å². The summed E-state index contributed by atoms with van der Waals surface area (Å²) >= 11 is 0. The second-order valence-electron chi connectivity index (χ2n) is 8.95. The monoisotopic (exact) mass is 451 g/mol. The maximum absolute atomic E-state index is 13.8. The summed E-state index contributed by atoms with van der Waals surface area (Å²) in [4.78, 5) is 28.5. The highest BCUT2D eigenvalue weighted by atomic mass is 16.4. The maximum Gasteiger partial charge on any atom is 0.475 e. The maximum atomic E-state index is 13.8. The quantitative estimate of drug-likeness (QED) is 0.434. The normalized spacial score (nSPS) is 17.8. The number of nitrogens with zero attached hydrogens (tertiary/aromatic N) is 1. The highest BCUT2D eigenvalue weighted by Gasteiger charge is 2.41. The van der Waals surface area contributed by atoms with Crippen molar-refractivity contribution in [2.45, 2.75) is 50.6 Å². The van der Waals surface area contributed by atoms with Crippen molar-refractivity contribution >= 4 is 18.9 Å². The van der Waals surface area contributed by atoms with Crippen LogP contribution < -0.4 is 10.6 Å². The molecule has 0 saturated carbocycles. The molecule has 1 fully saturated rings. The van der Waals surface area contributed by atoms with Gasteiger partial charge in [-0.2, -0.15) is 0 Å². The molecule has 0 bridgehead atoms. The lowest BCUT2D eigenvalue weighted by atomic mass is 9.73. The fourth-order valence-corrected chi connectivity index (χ4v) is 4.66. The van der Waals surface area contributed by atoms with E-state index in [0.29, 0.717) is 13.0 Å². The predicted octanol–water partition coefficient (Wildman–Crippen LogP) is 1.55. The summed E-state index contributed by atoms with van der Waals surface area (Å²) in [6.45, 7) is 4.10. The Labute approximate surface area is 196 Å². The molecule has 1 aliphatic heterocycles. The molecule has 0 aliphatic carbocycles. The molecule has 3 rings (SSSR count). The lowest BCUT2D eigenvalue weighted by Crippen LogP contribution is -2.57. The number of likely N-dealkylation sites (tertiary alicyclic amines) is 1. The van der Waals surface area contributed by atoms with E-state index in [0.717, 1.165) is 17.5 Å². The SMILES string of the molecule is CNC(C(=O)N1CCCC1C(=O)NC(B(O)O)C(C)C)C(c1ccccc1)c1ccccc1. The van der Waals surface area contributed by atoms with Gasteiger partial charge in [-0.1, -0.05) is 74.5 Å². The third-order valence-corrected chi connectivity index (χ3v) is 6.41. The van der Waals surface area contributed by atoms with Crippen LogP contribution in [-0.4, -0.2) is 65.5 Å². The summed E-state index contributed by atoms with van der Waals surface area (Å²) in [5.74, 6) is -1.67. The predicted molar refractivity (Wildman–Crippen MR) is 129 cm³/mol. The molecule has 2 aromatic rings. The molecule has 0 radical (unpaired) electrons. The molecule has 4 N–H and O–H groups in total. The van der Waals surface area contributed by atoms with E-state index in [4.69, 9.17) is 0 Å². The van der Waals surface area contributed by atoms with Crippen molar-refractivity contribution in [1.29, 1.82) is 0 Å². The molecule has 3 atom stereocenters. The van der Waals surface area contributed by atoms with Crippen LogP contribution in [0.15, 0.2) is 60.7 Å². The van der Waals surface area contributed by atoms with Crippen molar-refractivity contribution < 1.29 is 19.6 Å². The molecule has 2 amide bonds. The van der Waals surface area contributed by atoms with E-state index in [-0.39, 0.29) is 23.7 Å². The third-order valence-electron chi connectivity index (χ3n) is 6.41. The highest BCUT2D eigenvalue weighted by Crippen LogP contribution is 2.31. The third kappa shape index (κ3) is 5.82. The Kier molecular flexibility index (Phi) is 8.66. The average Bonchev–Trinajstić information content (AvgIpc) is 3.31. The second kappa shape index (κ2) is 11.5. The minimum absolute atomic E-state index is 0.140. The fourth-order valence-electron chi connectivity index (χ4n) is 4.66. The van der Waals surface area contributed by atoms with Gasteiger partial charge in [-0.15, -0.1) is 0 Å². The topological polar surface area (TPSA) is 102 Å². The van der Waals surface area contributed by atoms with E-state index in [9.17, 15) is 19.6 Å². The molecule has 3 unspecified atom stereocenters. The van der Waals surface area contributed by atoms with Gasteiger partial charge < -0.3 is 25.6 Å². The van der Waals surface area contributed by atoms with Crippen molar-refractivity contribution in [1.82, 2.24) is 15.5 Å². The number of nitrogens with one attached hydrogen (secondary N) is 2. The van der Waals surface area contributed by atoms with Crippen LogP contribution in [0.2, 0.25) is 0 Å². The molecule has 0 aromatic heterocycles. The van der Waals surface area contributed by atoms with Crippen molar-refractivity contribution in [2.24, 2.45) is 5.92 Å². The molecule has 8 heteroatoms. The Hall–Kier alpha value is -2.68. The van der Waals surface area contributed by atoms with Crippen LogP contribution in [0.25, 0.3) is 0 Å². The zero-order chi connectivity index (χ0) is 24.0. The molecular weight excluding hydrogens is 417 g/mol. The van der Waals surface area contributed by atoms with Gasteiger partial charge >= 0.3 is 7.12 Å². The standard InChI is InChI=1S/C25H34BN3O4/c1-17(2)23(26(32)33)28-24(30)20-15-10-16-29(20)25(31)22(27-3)21(18-11-6-4-7-12-18)19-13-8-5-9-14-19/h4-9,11-14,17,20-23,27,32-33H,10,15-16H2,1-3H3,(H,28,30). The molecule has 0 spiro atoms. The number of carbonyl (C=O) groups excluding carboxylic acids is 2. The zero-order valence-corrected chi connectivity index (χ0v) is 19.5. The first-order chi connectivity index (χ1) is 15.8. The van der Waals surface area contributed by atoms with Crippen molar-refractivity contribution in [3.8, 4) is 0 Å². The summed E-state index contributed by atoms with van der Waals surface area (Å²) in [5.41, 5.74) is 2.03. The van der Waals surface area contributed by atoms with Crippen LogP contribution in [-0.2, 0) is 9.59 Å². The highest BCUT2D eigenvalue weighted by molar-refractivity contribution is 6.43. The van der Waals surface area contributed by atoms with E-state index >= 15 is 0 Å². The first-order valence-electron chi connectivity index (χ1n) is 11.6. The number of amides is 2. The van der Waals surface area contributed by atoms with Gasteiger partial charge in [0, 0.05) is 12.5 Å². The number of carbonyl (C=O) groups is 2. The number of hydrogen-bond donors (Lipinski definition) is 4. The lowest BCUT2D eigenvalue weighted by molar-refractivity contribution is -0.140. The summed E-state index contributed by atoms with van der Waals surface area (Å²) in [6, 6.07) is 18.6. The Balaban J connectivity index is 1.87. The van der Waals surface area contributed by atoms with Gasteiger partial charge in [0.2, 0.25) is 11.8 Å². The van der Waals surface area contributed by atoms with Gasteiger partial charge in [0.05, 0.1) is 12.0 Å². The van der Waals surface area contributed by atoms with Crippen LogP contribution in [0.3, 0.4) is 0 Å². The van der Waals surface area contributed by atoms with Crippen molar-refractivity contribution in [3.05, 3.63) is 71.8 Å². The zero-order valence-electron chi connectivity index (χ0n) is 19.5. The fraction of sp³-hybridized carbons (Fsp3) is 0.440. The largest absolute Gasteiger partial charge is 0.475 e.